The summed E-state index contributed by atoms with van der Waals surface area (Å²) in [5.74, 6) is 0.915. The van der Waals surface area contributed by atoms with Gasteiger partial charge in [0.2, 0.25) is 0 Å². The highest BCUT2D eigenvalue weighted by atomic mass is 32.2. The number of benzene rings is 2. The third-order valence-corrected chi connectivity index (χ3v) is 3.79. The van der Waals surface area contributed by atoms with Crippen LogP contribution in [-0.4, -0.2) is 6.61 Å². The summed E-state index contributed by atoms with van der Waals surface area (Å²) in [7, 11) is 0. The lowest BCUT2D eigenvalue weighted by Gasteiger charge is -2.21. The molecule has 17 heavy (non-hydrogen) atoms. The van der Waals surface area contributed by atoms with Crippen LogP contribution < -0.4 is 10.1 Å². The topological polar surface area (TPSA) is 21.3 Å². The average molecular weight is 243 g/mol. The first-order chi connectivity index (χ1) is 8.36. The van der Waals surface area contributed by atoms with Crippen molar-refractivity contribution in [3.8, 4) is 5.75 Å². The van der Waals surface area contributed by atoms with Gasteiger partial charge in [-0.25, -0.2) is 0 Å². The highest BCUT2D eigenvalue weighted by Crippen LogP contribution is 2.44. The number of hydrogen-bond donors (Lipinski definition) is 1. The molecule has 1 heterocycles. The predicted octanol–water partition coefficient (Wildman–Crippen LogP) is 4.29. The fraction of sp³-hybridized carbons (Fsp3) is 0.143. The normalized spacial score (nSPS) is 12.3. The highest BCUT2D eigenvalue weighted by molar-refractivity contribution is 7.99. The summed E-state index contributed by atoms with van der Waals surface area (Å²) < 4.78 is 5.51. The van der Waals surface area contributed by atoms with E-state index in [1.165, 1.54) is 15.5 Å². The van der Waals surface area contributed by atoms with Gasteiger partial charge in [-0.05, 0) is 31.2 Å². The lowest BCUT2D eigenvalue weighted by atomic mass is 10.2. The van der Waals surface area contributed by atoms with Crippen LogP contribution in [0.4, 0.5) is 11.4 Å². The van der Waals surface area contributed by atoms with Gasteiger partial charge in [0.25, 0.3) is 0 Å². The smallest absolute Gasteiger partial charge is 0.121 e. The predicted molar refractivity (Wildman–Crippen MR) is 71.5 cm³/mol. The lowest BCUT2D eigenvalue weighted by Crippen LogP contribution is -2.00. The van der Waals surface area contributed by atoms with Crippen LogP contribution >= 0.6 is 11.8 Å². The second kappa shape index (κ2) is 4.34. The molecule has 0 aromatic heterocycles. The van der Waals surface area contributed by atoms with Crippen molar-refractivity contribution in [2.75, 3.05) is 11.9 Å². The Kier molecular flexibility index (Phi) is 2.69. The fourth-order valence-electron chi connectivity index (χ4n) is 1.87. The summed E-state index contributed by atoms with van der Waals surface area (Å²) >= 11 is 1.79. The second-order valence-corrected chi connectivity index (χ2v) is 4.90. The second-order valence-electron chi connectivity index (χ2n) is 3.81. The van der Waals surface area contributed by atoms with Gasteiger partial charge in [0, 0.05) is 15.9 Å². The number of para-hydroxylation sites is 1. The van der Waals surface area contributed by atoms with Crippen molar-refractivity contribution < 1.29 is 4.74 Å². The van der Waals surface area contributed by atoms with Gasteiger partial charge in [0.05, 0.1) is 18.0 Å². The molecule has 0 saturated carbocycles. The van der Waals surface area contributed by atoms with Gasteiger partial charge in [0.1, 0.15) is 5.75 Å². The summed E-state index contributed by atoms with van der Waals surface area (Å²) in [5, 5.41) is 3.44. The van der Waals surface area contributed by atoms with Gasteiger partial charge in [0.15, 0.2) is 0 Å². The molecule has 86 valence electrons. The Morgan fingerprint density at radius 1 is 1.06 bits per heavy atom. The number of ether oxygens (including phenoxy) is 1. The summed E-state index contributed by atoms with van der Waals surface area (Å²) in [6, 6.07) is 14.5. The third kappa shape index (κ3) is 1.98. The average Bonchev–Trinajstić information content (AvgIpc) is 2.36. The fourth-order valence-corrected chi connectivity index (χ4v) is 2.84. The summed E-state index contributed by atoms with van der Waals surface area (Å²) in [5.41, 5.74) is 2.29. The summed E-state index contributed by atoms with van der Waals surface area (Å²) in [6.07, 6.45) is 0. The Morgan fingerprint density at radius 2 is 1.88 bits per heavy atom. The van der Waals surface area contributed by atoms with E-state index >= 15 is 0 Å². The molecule has 2 aromatic rings. The maximum atomic E-state index is 5.51. The molecule has 1 aliphatic heterocycles. The zero-order valence-corrected chi connectivity index (χ0v) is 10.4. The number of anilines is 2. The molecule has 3 heteroatoms. The van der Waals surface area contributed by atoms with Crippen molar-refractivity contribution in [1.82, 2.24) is 0 Å². The number of fused-ring (bicyclic) bond motifs is 2. The van der Waals surface area contributed by atoms with E-state index in [1.54, 1.807) is 11.8 Å². The maximum Gasteiger partial charge on any atom is 0.121 e. The lowest BCUT2D eigenvalue weighted by molar-refractivity contribution is 0.340. The van der Waals surface area contributed by atoms with Crippen LogP contribution in [-0.2, 0) is 0 Å². The van der Waals surface area contributed by atoms with E-state index in [1.807, 2.05) is 19.1 Å². The zero-order valence-electron chi connectivity index (χ0n) is 9.57. The van der Waals surface area contributed by atoms with Crippen LogP contribution in [0.15, 0.2) is 52.3 Å². The van der Waals surface area contributed by atoms with Crippen molar-refractivity contribution in [2.24, 2.45) is 0 Å². The van der Waals surface area contributed by atoms with Crippen molar-refractivity contribution >= 4 is 23.1 Å². The molecule has 0 atom stereocenters. The molecule has 3 rings (SSSR count). The van der Waals surface area contributed by atoms with E-state index in [0.717, 1.165) is 11.4 Å². The Bertz CT molecular complexity index is 554. The van der Waals surface area contributed by atoms with E-state index in [-0.39, 0.29) is 0 Å². The molecular weight excluding hydrogens is 230 g/mol. The molecule has 2 aromatic carbocycles. The van der Waals surface area contributed by atoms with Crippen LogP contribution in [0.3, 0.4) is 0 Å². The monoisotopic (exact) mass is 243 g/mol. The van der Waals surface area contributed by atoms with Gasteiger partial charge < -0.3 is 10.1 Å². The summed E-state index contributed by atoms with van der Waals surface area (Å²) in [4.78, 5) is 2.51. The van der Waals surface area contributed by atoms with E-state index in [9.17, 15) is 0 Å². The van der Waals surface area contributed by atoms with Gasteiger partial charge >= 0.3 is 0 Å². The van der Waals surface area contributed by atoms with Crippen molar-refractivity contribution in [3.63, 3.8) is 0 Å². The molecule has 0 unspecified atom stereocenters. The summed E-state index contributed by atoms with van der Waals surface area (Å²) in [6.45, 7) is 2.69. The first kappa shape index (κ1) is 10.5. The molecule has 1 N–H and O–H groups in total. The molecule has 0 bridgehead atoms. The van der Waals surface area contributed by atoms with Gasteiger partial charge in [-0.2, -0.15) is 0 Å². The SMILES string of the molecule is CCOc1ccc2c(c1)Nc1ccccc1S2. The number of nitrogens with one attached hydrogen (secondary N) is 1. The Hall–Kier alpha value is -1.61. The van der Waals surface area contributed by atoms with Crippen LogP contribution in [0.5, 0.6) is 5.75 Å². The first-order valence-electron chi connectivity index (χ1n) is 5.67. The molecule has 0 fully saturated rings. The molecular formula is C14H13NOS. The number of rotatable bonds is 2. The Labute approximate surface area is 105 Å². The minimum atomic E-state index is 0.697. The molecule has 0 saturated heterocycles. The highest BCUT2D eigenvalue weighted by Gasteiger charge is 2.15. The molecule has 2 nitrogen and oxygen atoms in total. The molecule has 0 spiro atoms. The largest absolute Gasteiger partial charge is 0.494 e. The quantitative estimate of drug-likeness (QED) is 0.725. The van der Waals surface area contributed by atoms with Gasteiger partial charge in [-0.15, -0.1) is 0 Å². The molecule has 0 aliphatic carbocycles. The minimum absolute atomic E-state index is 0.697. The van der Waals surface area contributed by atoms with Crippen molar-refractivity contribution in [2.45, 2.75) is 16.7 Å². The van der Waals surface area contributed by atoms with E-state index in [4.69, 9.17) is 4.74 Å². The van der Waals surface area contributed by atoms with Crippen LogP contribution in [0.2, 0.25) is 0 Å². The van der Waals surface area contributed by atoms with Crippen molar-refractivity contribution in [3.05, 3.63) is 42.5 Å². The minimum Gasteiger partial charge on any atom is -0.494 e. The van der Waals surface area contributed by atoms with E-state index < -0.39 is 0 Å². The molecule has 1 aliphatic rings. The van der Waals surface area contributed by atoms with Gasteiger partial charge in [-0.3, -0.25) is 0 Å². The van der Waals surface area contributed by atoms with E-state index in [2.05, 4.69) is 35.6 Å². The first-order valence-corrected chi connectivity index (χ1v) is 6.49. The van der Waals surface area contributed by atoms with Crippen LogP contribution in [0.1, 0.15) is 6.92 Å². The third-order valence-electron chi connectivity index (χ3n) is 2.64. The molecule has 0 radical (unpaired) electrons. The van der Waals surface area contributed by atoms with E-state index in [0.29, 0.717) is 6.61 Å². The zero-order chi connectivity index (χ0) is 11.7. The molecule has 0 amide bonds. The number of hydrogen-bond acceptors (Lipinski definition) is 3. The Morgan fingerprint density at radius 3 is 2.76 bits per heavy atom. The van der Waals surface area contributed by atoms with Crippen LogP contribution in [0, 0.1) is 0 Å². The Balaban J connectivity index is 1.97. The van der Waals surface area contributed by atoms with Crippen molar-refractivity contribution in [1.29, 1.82) is 0 Å². The van der Waals surface area contributed by atoms with Crippen LogP contribution in [0.25, 0.3) is 0 Å². The maximum absolute atomic E-state index is 5.51. The van der Waals surface area contributed by atoms with Gasteiger partial charge in [-0.1, -0.05) is 23.9 Å². The standard InChI is InChI=1S/C14H13NOS/c1-2-16-10-7-8-14-12(9-10)15-11-5-3-4-6-13(11)17-14/h3-9,15H,2H2,1H3.